The molecular weight excluding hydrogens is 434 g/mol. The van der Waals surface area contributed by atoms with Gasteiger partial charge < -0.3 is 19.6 Å². The van der Waals surface area contributed by atoms with Gasteiger partial charge in [0.15, 0.2) is 5.17 Å². The van der Waals surface area contributed by atoms with Gasteiger partial charge in [-0.2, -0.15) is 0 Å². The largest absolute Gasteiger partial charge is 0.340 e. The topological polar surface area (TPSA) is 59.5 Å². The molecule has 0 aromatic heterocycles. The third-order valence-electron chi connectivity index (χ3n) is 6.59. The minimum atomic E-state index is -0.298. The maximum Gasteiger partial charge on any atom is 0.254 e. The predicted molar refractivity (Wildman–Crippen MR) is 133 cm³/mol. The van der Waals surface area contributed by atoms with Crippen LogP contribution in [-0.2, 0) is 9.59 Å². The van der Waals surface area contributed by atoms with E-state index in [1.54, 1.807) is 0 Å². The van der Waals surface area contributed by atoms with Crippen LogP contribution >= 0.6 is 11.8 Å². The lowest BCUT2D eigenvalue weighted by atomic mass is 9.92. The summed E-state index contributed by atoms with van der Waals surface area (Å²) in [6.45, 7) is 10.5. The van der Waals surface area contributed by atoms with E-state index in [2.05, 4.69) is 29.0 Å². The summed E-state index contributed by atoms with van der Waals surface area (Å²) in [4.78, 5) is 39.7. The molecule has 2 amide bonds. The highest BCUT2D eigenvalue weighted by Crippen LogP contribution is 2.45. The van der Waals surface area contributed by atoms with Crippen LogP contribution in [0.25, 0.3) is 0 Å². The molecule has 0 N–H and O–H groups in total. The van der Waals surface area contributed by atoms with Crippen LogP contribution in [0.15, 0.2) is 57.7 Å². The van der Waals surface area contributed by atoms with Crippen LogP contribution in [0.5, 0.6) is 0 Å². The van der Waals surface area contributed by atoms with Crippen molar-refractivity contribution in [3.63, 3.8) is 0 Å². The Morgan fingerprint density at radius 1 is 1.09 bits per heavy atom. The number of hydrogen-bond donors (Lipinski definition) is 0. The Morgan fingerprint density at radius 3 is 2.39 bits per heavy atom. The normalized spacial score (nSPS) is 21.0. The number of amides is 2. The molecule has 0 radical (unpaired) electrons. The van der Waals surface area contributed by atoms with E-state index in [9.17, 15) is 9.59 Å². The van der Waals surface area contributed by atoms with E-state index >= 15 is 0 Å². The Labute approximate surface area is 200 Å². The molecule has 0 spiro atoms. The van der Waals surface area contributed by atoms with E-state index in [4.69, 9.17) is 4.99 Å². The Hall–Kier alpha value is -2.58. The van der Waals surface area contributed by atoms with E-state index in [-0.39, 0.29) is 17.9 Å². The van der Waals surface area contributed by atoms with Gasteiger partial charge in [0, 0.05) is 45.0 Å². The van der Waals surface area contributed by atoms with Crippen molar-refractivity contribution in [1.82, 2.24) is 19.6 Å². The molecule has 0 saturated carbocycles. The fourth-order valence-corrected chi connectivity index (χ4v) is 5.56. The Kier molecular flexibility index (Phi) is 7.24. The van der Waals surface area contributed by atoms with E-state index in [1.807, 2.05) is 54.2 Å². The fraction of sp³-hybridized carbons (Fsp3) is 0.480. The average Bonchev–Trinajstić information content (AvgIpc) is 3.21. The lowest BCUT2D eigenvalue weighted by Crippen LogP contribution is -2.47. The first kappa shape index (κ1) is 23.6. The molecule has 7 nitrogen and oxygen atoms in total. The van der Waals surface area contributed by atoms with Crippen molar-refractivity contribution in [2.75, 3.05) is 46.3 Å². The number of hydrogen-bond acceptors (Lipinski definition) is 6. The summed E-state index contributed by atoms with van der Waals surface area (Å²) < 4.78 is 0. The molecule has 1 fully saturated rings. The van der Waals surface area contributed by atoms with Crippen LogP contribution in [0.4, 0.5) is 0 Å². The van der Waals surface area contributed by atoms with Crippen LogP contribution in [0.3, 0.4) is 0 Å². The minimum absolute atomic E-state index is 0.01000. The summed E-state index contributed by atoms with van der Waals surface area (Å²) in [5.41, 5.74) is 3.38. The first-order valence-corrected chi connectivity index (χ1v) is 12.6. The highest BCUT2D eigenvalue weighted by Gasteiger charge is 2.41. The maximum absolute atomic E-state index is 13.6. The molecule has 1 unspecified atom stereocenters. The van der Waals surface area contributed by atoms with Gasteiger partial charge in [0.2, 0.25) is 5.91 Å². The van der Waals surface area contributed by atoms with E-state index < -0.39 is 0 Å². The predicted octanol–water partition coefficient (Wildman–Crippen LogP) is 3.29. The number of amidine groups is 1. The number of carbonyl (C=O) groups excluding carboxylic acids is 2. The first-order chi connectivity index (χ1) is 15.9. The minimum Gasteiger partial charge on any atom is -0.340 e. The van der Waals surface area contributed by atoms with Crippen molar-refractivity contribution in [3.8, 4) is 0 Å². The van der Waals surface area contributed by atoms with E-state index in [1.165, 1.54) is 11.8 Å². The quantitative estimate of drug-likeness (QED) is 0.643. The van der Waals surface area contributed by atoms with Crippen LogP contribution < -0.4 is 0 Å². The maximum atomic E-state index is 13.6. The molecular formula is C25H33N5O2S. The number of carbonyl (C=O) groups is 2. The summed E-state index contributed by atoms with van der Waals surface area (Å²) in [7, 11) is 2.09. The molecule has 4 rings (SSSR count). The SMILES string of the molecule is CCN(CC)C(=O)C1=C(C)N=C2SC=C(CC(=O)N3CCN(C)CC3)N2C1c1ccccc1. The molecule has 1 atom stereocenters. The zero-order chi connectivity index (χ0) is 23.5. The van der Waals surface area contributed by atoms with Crippen LogP contribution in [0, 0.1) is 0 Å². The lowest BCUT2D eigenvalue weighted by Gasteiger charge is -2.38. The van der Waals surface area contributed by atoms with Crippen LogP contribution in [0.2, 0.25) is 0 Å². The standard InChI is InChI=1S/C25H33N5O2S/c1-5-28(6-2)24(32)22-18(3)26-25-30(23(22)19-10-8-7-9-11-19)20(17-33-25)16-21(31)29-14-12-27(4)13-15-29/h7-11,17,23H,5-6,12-16H2,1-4H3. The molecule has 1 aromatic carbocycles. The Bertz CT molecular complexity index is 991. The number of likely N-dealkylation sites (N-methyl/N-ethyl adjacent to an activating group) is 2. The number of piperazine rings is 1. The Balaban J connectivity index is 1.67. The number of fused-ring (bicyclic) bond motifs is 1. The van der Waals surface area contributed by atoms with E-state index in [0.717, 1.165) is 48.3 Å². The molecule has 3 aliphatic heterocycles. The summed E-state index contributed by atoms with van der Waals surface area (Å²) in [6.07, 6.45) is 0.310. The van der Waals surface area contributed by atoms with Gasteiger partial charge in [-0.25, -0.2) is 4.99 Å². The number of allylic oxidation sites excluding steroid dienone is 1. The lowest BCUT2D eigenvalue weighted by molar-refractivity contribution is -0.132. The summed E-state index contributed by atoms with van der Waals surface area (Å²) in [5.74, 6) is 0.140. The highest BCUT2D eigenvalue weighted by atomic mass is 32.2. The van der Waals surface area contributed by atoms with Crippen LogP contribution in [0.1, 0.15) is 38.8 Å². The number of benzene rings is 1. The number of rotatable bonds is 6. The summed E-state index contributed by atoms with van der Waals surface area (Å²) in [5, 5.41) is 2.86. The summed E-state index contributed by atoms with van der Waals surface area (Å²) in [6, 6.07) is 9.79. The van der Waals surface area contributed by atoms with Gasteiger partial charge >= 0.3 is 0 Å². The fourth-order valence-electron chi connectivity index (χ4n) is 4.60. The third kappa shape index (κ3) is 4.73. The smallest absolute Gasteiger partial charge is 0.254 e. The molecule has 176 valence electrons. The van der Waals surface area contributed by atoms with Crippen molar-refractivity contribution in [2.24, 2.45) is 4.99 Å². The molecule has 3 aliphatic rings. The summed E-state index contributed by atoms with van der Waals surface area (Å²) >= 11 is 1.54. The van der Waals surface area contributed by atoms with Crippen LogP contribution in [-0.4, -0.2) is 82.9 Å². The van der Waals surface area contributed by atoms with Crippen molar-refractivity contribution in [3.05, 3.63) is 58.3 Å². The molecule has 3 heterocycles. The van der Waals surface area contributed by atoms with Crippen molar-refractivity contribution >= 4 is 28.7 Å². The van der Waals surface area contributed by atoms with Gasteiger partial charge in [0.1, 0.15) is 0 Å². The Morgan fingerprint density at radius 2 is 1.76 bits per heavy atom. The molecule has 1 saturated heterocycles. The second-order valence-corrected chi connectivity index (χ2v) is 9.48. The number of nitrogens with zero attached hydrogens (tertiary/aromatic N) is 5. The zero-order valence-electron chi connectivity index (χ0n) is 20.0. The second kappa shape index (κ2) is 10.1. The van der Waals surface area contributed by atoms with Crippen molar-refractivity contribution in [2.45, 2.75) is 33.2 Å². The van der Waals surface area contributed by atoms with Gasteiger partial charge in [0.05, 0.1) is 23.7 Å². The van der Waals surface area contributed by atoms with Gasteiger partial charge in [-0.15, -0.1) is 0 Å². The van der Waals surface area contributed by atoms with Crippen molar-refractivity contribution in [1.29, 1.82) is 0 Å². The first-order valence-electron chi connectivity index (χ1n) is 11.7. The number of aliphatic imine (C=N–C) groups is 1. The highest BCUT2D eigenvalue weighted by molar-refractivity contribution is 8.16. The second-order valence-electron chi connectivity index (χ2n) is 8.64. The molecule has 0 bridgehead atoms. The van der Waals surface area contributed by atoms with Gasteiger partial charge in [-0.05, 0) is 38.8 Å². The molecule has 8 heteroatoms. The monoisotopic (exact) mass is 467 g/mol. The zero-order valence-corrected chi connectivity index (χ0v) is 20.8. The van der Waals surface area contributed by atoms with E-state index in [0.29, 0.717) is 25.1 Å². The van der Waals surface area contributed by atoms with Crippen molar-refractivity contribution < 1.29 is 9.59 Å². The van der Waals surface area contributed by atoms with Gasteiger partial charge in [0.25, 0.3) is 5.91 Å². The number of thioether (sulfide) groups is 1. The van der Waals surface area contributed by atoms with Gasteiger partial charge in [-0.1, -0.05) is 42.1 Å². The molecule has 1 aromatic rings. The molecule has 0 aliphatic carbocycles. The third-order valence-corrected chi connectivity index (χ3v) is 7.47. The van der Waals surface area contributed by atoms with Gasteiger partial charge in [-0.3, -0.25) is 9.59 Å². The average molecular weight is 468 g/mol. The molecule has 33 heavy (non-hydrogen) atoms.